The Morgan fingerprint density at radius 2 is 2.39 bits per heavy atom. The summed E-state index contributed by atoms with van der Waals surface area (Å²) in [5, 5.41) is 0.964. The number of carbonyl (C=O) groups is 1. The molecule has 0 N–H and O–H groups in total. The van der Waals surface area contributed by atoms with Gasteiger partial charge in [-0.15, -0.1) is 0 Å². The van der Waals surface area contributed by atoms with Gasteiger partial charge in [0, 0.05) is 13.1 Å². The molecule has 1 aromatic heterocycles. The molecule has 4 nitrogen and oxygen atoms in total. The topological polar surface area (TPSA) is 42.4 Å². The fraction of sp³-hybridized carbons (Fsp3) is 0.692. The van der Waals surface area contributed by atoms with Gasteiger partial charge in [0.15, 0.2) is 5.13 Å². The van der Waals surface area contributed by atoms with Crippen molar-refractivity contribution in [2.45, 2.75) is 33.1 Å². The van der Waals surface area contributed by atoms with Crippen LogP contribution >= 0.6 is 11.3 Å². The van der Waals surface area contributed by atoms with Crippen LogP contribution in [0.5, 0.6) is 0 Å². The lowest BCUT2D eigenvalue weighted by atomic mass is 9.96. The smallest absolute Gasteiger partial charge is 0.350 e. The van der Waals surface area contributed by atoms with Crippen molar-refractivity contribution in [1.29, 1.82) is 0 Å². The molecule has 1 saturated heterocycles. The Labute approximate surface area is 112 Å². The second-order valence-corrected chi connectivity index (χ2v) is 5.74. The normalized spacial score (nSPS) is 19.9. The lowest BCUT2D eigenvalue weighted by molar-refractivity contribution is 0.0605. The molecule has 18 heavy (non-hydrogen) atoms. The van der Waals surface area contributed by atoms with E-state index in [2.05, 4.69) is 16.8 Å². The van der Waals surface area contributed by atoms with E-state index in [1.54, 1.807) is 0 Å². The van der Waals surface area contributed by atoms with Gasteiger partial charge < -0.3 is 9.64 Å². The molecule has 0 spiro atoms. The first-order valence-corrected chi connectivity index (χ1v) is 7.28. The third-order valence-electron chi connectivity index (χ3n) is 3.52. The molecule has 0 aromatic carbocycles. The Morgan fingerprint density at radius 1 is 1.61 bits per heavy atom. The summed E-state index contributed by atoms with van der Waals surface area (Å²) in [6.45, 7) is 6.21. The molecular weight excluding hydrogens is 248 g/mol. The van der Waals surface area contributed by atoms with Gasteiger partial charge in [-0.3, -0.25) is 0 Å². The zero-order valence-corrected chi connectivity index (χ0v) is 12.0. The van der Waals surface area contributed by atoms with Crippen LogP contribution in [0.2, 0.25) is 0 Å². The number of methoxy groups -OCH3 is 1. The maximum Gasteiger partial charge on any atom is 0.350 e. The highest BCUT2D eigenvalue weighted by Crippen LogP contribution is 2.30. The van der Waals surface area contributed by atoms with Crippen molar-refractivity contribution in [3.05, 3.63) is 10.6 Å². The number of esters is 1. The second-order valence-electron chi connectivity index (χ2n) is 4.77. The highest BCUT2D eigenvalue weighted by atomic mass is 32.1. The number of hydrogen-bond acceptors (Lipinski definition) is 5. The van der Waals surface area contributed by atoms with Crippen molar-refractivity contribution in [3.63, 3.8) is 0 Å². The number of aromatic nitrogens is 1. The molecular formula is C13H20N2O2S. The summed E-state index contributed by atoms with van der Waals surface area (Å²) < 4.78 is 4.77. The first kappa shape index (κ1) is 13.3. The van der Waals surface area contributed by atoms with Crippen molar-refractivity contribution < 1.29 is 9.53 Å². The summed E-state index contributed by atoms with van der Waals surface area (Å²) in [4.78, 5) is 19.0. The van der Waals surface area contributed by atoms with E-state index in [1.165, 1.54) is 37.7 Å². The summed E-state index contributed by atoms with van der Waals surface area (Å²) in [5.41, 5.74) is 0.778. The van der Waals surface area contributed by atoms with Gasteiger partial charge in [0.1, 0.15) is 4.88 Å². The van der Waals surface area contributed by atoms with Crippen LogP contribution in [0.1, 0.15) is 41.6 Å². The third kappa shape index (κ3) is 2.66. The molecule has 100 valence electrons. The Hall–Kier alpha value is -1.10. The molecule has 1 aliphatic heterocycles. The van der Waals surface area contributed by atoms with Crippen LogP contribution in [-0.4, -0.2) is 31.2 Å². The molecule has 0 amide bonds. The number of nitrogens with zero attached hydrogens (tertiary/aromatic N) is 2. The molecule has 0 radical (unpaired) electrons. The van der Waals surface area contributed by atoms with Crippen molar-refractivity contribution >= 4 is 22.4 Å². The average Bonchev–Trinajstić information content (AvgIpc) is 2.80. The fourth-order valence-electron chi connectivity index (χ4n) is 2.37. The largest absolute Gasteiger partial charge is 0.465 e. The van der Waals surface area contributed by atoms with Crippen LogP contribution in [0.3, 0.4) is 0 Å². The van der Waals surface area contributed by atoms with Crippen molar-refractivity contribution in [1.82, 2.24) is 4.98 Å². The van der Waals surface area contributed by atoms with Gasteiger partial charge >= 0.3 is 5.97 Å². The molecule has 0 aliphatic carbocycles. The second kappa shape index (κ2) is 5.69. The van der Waals surface area contributed by atoms with Gasteiger partial charge in [-0.2, -0.15) is 0 Å². The van der Waals surface area contributed by atoms with Gasteiger partial charge in [0.05, 0.1) is 12.8 Å². The molecule has 1 fully saturated rings. The highest BCUT2D eigenvalue weighted by molar-refractivity contribution is 7.17. The predicted molar refractivity (Wildman–Crippen MR) is 73.4 cm³/mol. The molecule has 0 bridgehead atoms. The van der Waals surface area contributed by atoms with Crippen LogP contribution in [0.4, 0.5) is 5.13 Å². The zero-order chi connectivity index (χ0) is 13.1. The molecule has 2 heterocycles. The first-order valence-electron chi connectivity index (χ1n) is 6.46. The number of rotatable bonds is 3. The van der Waals surface area contributed by atoms with Crippen LogP contribution in [-0.2, 0) is 4.74 Å². The monoisotopic (exact) mass is 268 g/mol. The third-order valence-corrected chi connectivity index (χ3v) is 4.72. The summed E-state index contributed by atoms with van der Waals surface area (Å²) in [6.07, 6.45) is 3.73. The van der Waals surface area contributed by atoms with E-state index >= 15 is 0 Å². The minimum Gasteiger partial charge on any atom is -0.465 e. The van der Waals surface area contributed by atoms with Crippen molar-refractivity contribution in [2.24, 2.45) is 5.92 Å². The Bertz CT molecular complexity index is 431. The van der Waals surface area contributed by atoms with Gasteiger partial charge in [-0.25, -0.2) is 9.78 Å². The Balaban J connectivity index is 2.16. The minimum atomic E-state index is -0.277. The first-order chi connectivity index (χ1) is 8.65. The van der Waals surface area contributed by atoms with E-state index in [0.717, 1.165) is 29.8 Å². The summed E-state index contributed by atoms with van der Waals surface area (Å²) >= 11 is 1.45. The minimum absolute atomic E-state index is 0.277. The van der Waals surface area contributed by atoms with Crippen LogP contribution < -0.4 is 4.90 Å². The van der Waals surface area contributed by atoms with E-state index in [-0.39, 0.29) is 5.97 Å². The van der Waals surface area contributed by atoms with Crippen LogP contribution in [0.25, 0.3) is 0 Å². The number of thiazole rings is 1. The van der Waals surface area contributed by atoms with Crippen LogP contribution in [0, 0.1) is 12.8 Å². The highest BCUT2D eigenvalue weighted by Gasteiger charge is 2.23. The number of carbonyl (C=O) groups excluding carboxylic acids is 1. The summed E-state index contributed by atoms with van der Waals surface area (Å²) in [5.74, 6) is 0.477. The number of ether oxygens (including phenoxy) is 1. The summed E-state index contributed by atoms with van der Waals surface area (Å²) in [6, 6.07) is 0. The van der Waals surface area contributed by atoms with Gasteiger partial charge in [0.25, 0.3) is 0 Å². The lowest BCUT2D eigenvalue weighted by Gasteiger charge is -2.31. The number of aryl methyl sites for hydroxylation is 1. The Kier molecular flexibility index (Phi) is 4.22. The van der Waals surface area contributed by atoms with Gasteiger partial charge in [-0.1, -0.05) is 24.7 Å². The molecule has 5 heteroatoms. The molecule has 2 rings (SSSR count). The maximum absolute atomic E-state index is 11.6. The van der Waals surface area contributed by atoms with E-state index in [1.807, 2.05) is 6.92 Å². The van der Waals surface area contributed by atoms with Gasteiger partial charge in [-0.05, 0) is 25.7 Å². The average molecular weight is 268 g/mol. The zero-order valence-electron chi connectivity index (χ0n) is 11.2. The molecule has 1 aliphatic rings. The molecule has 1 unspecified atom stereocenters. The van der Waals surface area contributed by atoms with E-state index < -0.39 is 0 Å². The number of hydrogen-bond donors (Lipinski definition) is 0. The molecule has 1 aromatic rings. The van der Waals surface area contributed by atoms with Crippen molar-refractivity contribution in [2.75, 3.05) is 25.1 Å². The van der Waals surface area contributed by atoms with E-state index in [0.29, 0.717) is 4.88 Å². The number of piperidine rings is 1. The van der Waals surface area contributed by atoms with Crippen LogP contribution in [0.15, 0.2) is 0 Å². The predicted octanol–water partition coefficient (Wildman–Crippen LogP) is 2.86. The van der Waals surface area contributed by atoms with Crippen molar-refractivity contribution in [3.8, 4) is 0 Å². The standard InChI is InChI=1S/C13H20N2O2S/c1-4-10-6-5-7-15(8-10)13-14-9(2)11(18-13)12(16)17-3/h10H,4-8H2,1-3H3. The van der Waals surface area contributed by atoms with E-state index in [4.69, 9.17) is 4.74 Å². The quantitative estimate of drug-likeness (QED) is 0.791. The Morgan fingerprint density at radius 3 is 3.06 bits per heavy atom. The lowest BCUT2D eigenvalue weighted by Crippen LogP contribution is -2.35. The molecule has 1 atom stereocenters. The maximum atomic E-state index is 11.6. The summed E-state index contributed by atoms with van der Waals surface area (Å²) in [7, 11) is 1.41. The van der Waals surface area contributed by atoms with Gasteiger partial charge in [0.2, 0.25) is 0 Å². The number of anilines is 1. The fourth-order valence-corrected chi connectivity index (χ4v) is 3.39. The SMILES string of the molecule is CCC1CCCN(c2nc(C)c(C(=O)OC)s2)C1. The van der Waals surface area contributed by atoms with E-state index in [9.17, 15) is 4.79 Å². The molecule has 0 saturated carbocycles.